The number of fused-ring (bicyclic) bond motifs is 4. The Labute approximate surface area is 345 Å². The Balaban J connectivity index is 1.43. The topological polar surface area (TPSA) is 124 Å². The summed E-state index contributed by atoms with van der Waals surface area (Å²) in [6.45, 7) is 2.37. The van der Waals surface area contributed by atoms with Crippen LogP contribution in [0.15, 0.2) is 42.5 Å². The summed E-state index contributed by atoms with van der Waals surface area (Å²) < 4.78 is 172. The van der Waals surface area contributed by atoms with E-state index >= 15 is 8.78 Å². The molecule has 0 spiro atoms. The minimum absolute atomic E-state index is 0.0189. The fraction of sp³-hybridized carbons (Fsp3) is 0.385. The fourth-order valence-corrected chi connectivity index (χ4v) is 8.20. The monoisotopic (exact) mass is 903 g/mol. The molecule has 2 aliphatic rings. The van der Waals surface area contributed by atoms with Crippen molar-refractivity contribution >= 4 is 44.3 Å². The molecule has 2 N–H and O–H groups in total. The number of carbonyl (C=O) groups is 1. The second-order valence-corrected chi connectivity index (χ2v) is 18.0. The van der Waals surface area contributed by atoms with Crippen LogP contribution in [0.5, 0.6) is 0 Å². The van der Waals surface area contributed by atoms with Crippen LogP contribution >= 0.6 is 11.6 Å². The average Bonchev–Trinajstić information content (AvgIpc) is 3.63. The van der Waals surface area contributed by atoms with Gasteiger partial charge in [0.2, 0.25) is 15.9 Å². The van der Waals surface area contributed by atoms with E-state index in [1.165, 1.54) is 24.3 Å². The molecule has 5 aromatic rings. The van der Waals surface area contributed by atoms with Crippen LogP contribution in [0.2, 0.25) is 5.02 Å². The van der Waals surface area contributed by atoms with Crippen LogP contribution in [0.1, 0.15) is 73.1 Å². The lowest BCUT2D eigenvalue weighted by Gasteiger charge is -2.23. The largest absolute Gasteiger partial charge is 0.435 e. The molecule has 0 radical (unpaired) electrons. The van der Waals surface area contributed by atoms with Crippen molar-refractivity contribution in [3.63, 3.8) is 0 Å². The molecule has 0 saturated heterocycles. The van der Waals surface area contributed by atoms with Gasteiger partial charge in [-0.2, -0.15) is 45.3 Å². The van der Waals surface area contributed by atoms with Gasteiger partial charge in [0.25, 0.3) is 5.92 Å². The number of sulfonamides is 1. The summed E-state index contributed by atoms with van der Waals surface area (Å²) in [5.74, 6) is -4.36. The number of benzene rings is 2. The van der Waals surface area contributed by atoms with Gasteiger partial charge in [0, 0.05) is 34.1 Å². The molecule has 3 heterocycles. The van der Waals surface area contributed by atoms with Gasteiger partial charge in [-0.15, -0.1) is 0 Å². The van der Waals surface area contributed by atoms with Crippen molar-refractivity contribution in [2.24, 2.45) is 11.3 Å². The number of hydrogen-bond acceptors (Lipinski definition) is 6. The summed E-state index contributed by atoms with van der Waals surface area (Å²) in [6.07, 6.45) is -10.1. The number of halogens is 11. The molecular weight excluding hydrogens is 872 g/mol. The van der Waals surface area contributed by atoms with Crippen LogP contribution in [0.4, 0.5) is 49.7 Å². The highest BCUT2D eigenvalue weighted by Crippen LogP contribution is 2.68. The van der Waals surface area contributed by atoms with Crippen LogP contribution < -0.4 is 10.0 Å². The minimum atomic E-state index is -5.14. The highest BCUT2D eigenvalue weighted by atomic mass is 35.5. The Morgan fingerprint density at radius 1 is 0.984 bits per heavy atom. The van der Waals surface area contributed by atoms with Gasteiger partial charge in [-0.05, 0) is 81.3 Å². The molecule has 0 bridgehead atoms. The summed E-state index contributed by atoms with van der Waals surface area (Å²) >= 11 is 6.47. The number of pyridine rings is 1. The van der Waals surface area contributed by atoms with Crippen LogP contribution in [-0.4, -0.2) is 51.3 Å². The number of carbonyl (C=O) groups excluding carboxylic acids is 1. The molecule has 1 amide bonds. The third-order valence-electron chi connectivity index (χ3n) is 9.76. The number of alkyl halides is 8. The summed E-state index contributed by atoms with van der Waals surface area (Å²) in [5, 5.41) is 9.27. The highest BCUT2D eigenvalue weighted by molar-refractivity contribution is 7.92. The van der Waals surface area contributed by atoms with Gasteiger partial charge < -0.3 is 5.32 Å². The number of amides is 1. The summed E-state index contributed by atoms with van der Waals surface area (Å²) in [6, 6.07) is 5.98. The second-order valence-electron chi connectivity index (χ2n) is 15.9. The molecule has 10 nitrogen and oxygen atoms in total. The lowest BCUT2D eigenvalue weighted by atomic mass is 9.93. The first-order valence-electron chi connectivity index (χ1n) is 18.2. The molecule has 1 fully saturated rings. The number of hydrogen-bond donors (Lipinski definition) is 2. The Kier molecular flexibility index (Phi) is 10.7. The van der Waals surface area contributed by atoms with Gasteiger partial charge in [0.15, 0.2) is 11.5 Å². The molecule has 3 atom stereocenters. The summed E-state index contributed by atoms with van der Waals surface area (Å²) in [4.78, 5) is 18.6. The zero-order valence-corrected chi connectivity index (χ0v) is 33.7. The second kappa shape index (κ2) is 14.9. The summed E-state index contributed by atoms with van der Waals surface area (Å²) in [5.41, 5.74) is -4.85. The average molecular weight is 904 g/mol. The zero-order chi connectivity index (χ0) is 44.8. The van der Waals surface area contributed by atoms with Gasteiger partial charge in [-0.1, -0.05) is 23.6 Å². The molecule has 22 heteroatoms. The van der Waals surface area contributed by atoms with Crippen LogP contribution in [-0.2, 0) is 46.4 Å². The Bertz CT molecular complexity index is 2760. The molecule has 3 aromatic heterocycles. The van der Waals surface area contributed by atoms with Gasteiger partial charge in [0.05, 0.1) is 33.9 Å². The number of anilines is 1. The molecule has 2 aliphatic carbocycles. The molecular formula is C39H32ClF10N7O3S. The lowest BCUT2D eigenvalue weighted by Crippen LogP contribution is -2.35. The lowest BCUT2D eigenvalue weighted by molar-refractivity contribution is -0.142. The van der Waals surface area contributed by atoms with Crippen molar-refractivity contribution in [2.45, 2.75) is 76.9 Å². The molecule has 61 heavy (non-hydrogen) atoms. The van der Waals surface area contributed by atoms with E-state index in [4.69, 9.17) is 11.6 Å². The van der Waals surface area contributed by atoms with Gasteiger partial charge in [-0.25, -0.2) is 22.2 Å². The van der Waals surface area contributed by atoms with Crippen molar-refractivity contribution in [3.05, 3.63) is 93.0 Å². The van der Waals surface area contributed by atoms with E-state index in [0.29, 0.717) is 10.7 Å². The molecule has 324 valence electrons. The molecule has 7 rings (SSSR count). The van der Waals surface area contributed by atoms with Crippen LogP contribution in [0, 0.1) is 34.8 Å². The maximum atomic E-state index is 15.4. The third-order valence-corrected chi connectivity index (χ3v) is 10.6. The van der Waals surface area contributed by atoms with Gasteiger partial charge >= 0.3 is 12.4 Å². The SMILES string of the molecule is CC(C)(C)C#Cc1ccc(-c2ccc(Cl)c3c(NS(C)(=O)=O)nn(CC(F)(F)F)c23)c([C@H](Cc2cc(F)cc(F)c2)NC(=O)Cn2nc(C(F)(F)F)c3c2C(F)(F)[C@@H]2C[C@H]32)n1. The van der Waals surface area contributed by atoms with Crippen molar-refractivity contribution in [2.75, 3.05) is 11.0 Å². The number of nitrogens with zero attached hydrogens (tertiary/aromatic N) is 5. The molecule has 1 saturated carbocycles. The number of aromatic nitrogens is 5. The van der Waals surface area contributed by atoms with E-state index in [-0.39, 0.29) is 55.1 Å². The molecule has 2 aromatic carbocycles. The third kappa shape index (κ3) is 9.15. The van der Waals surface area contributed by atoms with Gasteiger partial charge in [-0.3, -0.25) is 18.9 Å². The quantitative estimate of drug-likeness (QED) is 0.107. The van der Waals surface area contributed by atoms with E-state index in [1.54, 1.807) is 20.8 Å². The van der Waals surface area contributed by atoms with E-state index in [0.717, 1.165) is 18.4 Å². The first-order valence-corrected chi connectivity index (χ1v) is 20.4. The number of rotatable bonds is 10. The van der Waals surface area contributed by atoms with Crippen molar-refractivity contribution in [1.82, 2.24) is 29.9 Å². The fourth-order valence-electron chi connectivity index (χ4n) is 7.47. The van der Waals surface area contributed by atoms with Crippen LogP contribution in [0.25, 0.3) is 22.0 Å². The molecule has 0 aliphatic heterocycles. The maximum absolute atomic E-state index is 15.4. The van der Waals surface area contributed by atoms with Crippen molar-refractivity contribution in [1.29, 1.82) is 0 Å². The van der Waals surface area contributed by atoms with Crippen molar-refractivity contribution in [3.8, 4) is 23.0 Å². The van der Waals surface area contributed by atoms with E-state index in [9.17, 15) is 48.3 Å². The predicted octanol–water partition coefficient (Wildman–Crippen LogP) is 8.89. The highest BCUT2D eigenvalue weighted by Gasteiger charge is 2.68. The van der Waals surface area contributed by atoms with Crippen LogP contribution in [0.3, 0.4) is 0 Å². The minimum Gasteiger partial charge on any atom is -0.346 e. The van der Waals surface area contributed by atoms with E-state index in [2.05, 4.69) is 37.1 Å². The maximum Gasteiger partial charge on any atom is 0.435 e. The van der Waals surface area contributed by atoms with Gasteiger partial charge in [0.1, 0.15) is 36.1 Å². The Hall–Kier alpha value is -5.36. The standard InChI is InChI=1S/C39H32ClF10N7O3S/c1-36(2,3)10-9-21-5-6-22(23-7-8-26(40)30-32(23)57(17-37(43,44)45)54-35(30)55-61(4,59)60)31(51-21)27(13-18-11-19(41)14-20(42)12-18)52-28(58)16-56-34-29(33(53-56)39(48,49)50)24-15-25(24)38(34,46)47/h5-8,11-12,14,24-25,27H,13,15-17H2,1-4H3,(H,52,58)(H,54,55)/t24-,25+,27-/m0/s1. The molecule has 0 unspecified atom stereocenters. The van der Waals surface area contributed by atoms with E-state index < -0.39 is 111 Å². The first-order chi connectivity index (χ1) is 28.1. The zero-order valence-electron chi connectivity index (χ0n) is 32.1. The summed E-state index contributed by atoms with van der Waals surface area (Å²) in [7, 11) is -4.16. The number of nitrogens with one attached hydrogen (secondary N) is 2. The Morgan fingerprint density at radius 3 is 2.25 bits per heavy atom. The Morgan fingerprint density at radius 2 is 1.64 bits per heavy atom. The normalized spacial score (nSPS) is 17.7. The first kappa shape index (κ1) is 43.7. The predicted molar refractivity (Wildman–Crippen MR) is 202 cm³/mol. The van der Waals surface area contributed by atoms with E-state index in [1.807, 2.05) is 0 Å². The van der Waals surface area contributed by atoms with Crippen molar-refractivity contribution < 1.29 is 57.1 Å². The smallest absolute Gasteiger partial charge is 0.346 e.